The van der Waals surface area contributed by atoms with Crippen LogP contribution in [0, 0.1) is 5.92 Å². The molecule has 3 N–H and O–H groups in total. The van der Waals surface area contributed by atoms with Gasteiger partial charge < -0.3 is 15.6 Å². The number of rotatable bonds is 6. The van der Waals surface area contributed by atoms with Crippen LogP contribution in [0.3, 0.4) is 0 Å². The summed E-state index contributed by atoms with van der Waals surface area (Å²) in [6.45, 7) is 3.96. The van der Waals surface area contributed by atoms with E-state index in [1.807, 2.05) is 56.3 Å². The molecule has 142 valence electrons. The topological polar surface area (TPSA) is 94.0 Å². The first-order valence-corrected chi connectivity index (χ1v) is 8.56. The van der Waals surface area contributed by atoms with Gasteiger partial charge in [-0.3, -0.25) is 4.79 Å². The zero-order valence-electron chi connectivity index (χ0n) is 15.3. The van der Waals surface area contributed by atoms with Crippen molar-refractivity contribution >= 4 is 18.3 Å². The molecular weight excluding hydrogens is 364 g/mol. The predicted octanol–water partition coefficient (Wildman–Crippen LogP) is 3.42. The van der Waals surface area contributed by atoms with Gasteiger partial charge in [0.05, 0.1) is 12.6 Å². The highest BCUT2D eigenvalue weighted by Crippen LogP contribution is 2.23. The summed E-state index contributed by atoms with van der Waals surface area (Å²) in [4.78, 5) is 16.2. The normalized spacial score (nSPS) is 11.7. The number of nitrogens with two attached hydrogens (primary N) is 1. The van der Waals surface area contributed by atoms with Gasteiger partial charge >= 0.3 is 0 Å². The average molecular weight is 387 g/mol. The number of carbonyl (C=O) groups is 1. The fourth-order valence-corrected chi connectivity index (χ4v) is 2.47. The van der Waals surface area contributed by atoms with Crippen LogP contribution in [0.1, 0.15) is 19.7 Å². The van der Waals surface area contributed by atoms with Gasteiger partial charge in [0.25, 0.3) is 0 Å². The van der Waals surface area contributed by atoms with Crippen molar-refractivity contribution in [3.05, 3.63) is 60.5 Å². The number of aromatic nitrogens is 2. The van der Waals surface area contributed by atoms with Crippen LogP contribution in [0.25, 0.3) is 22.5 Å². The van der Waals surface area contributed by atoms with E-state index in [9.17, 15) is 4.79 Å². The second-order valence-corrected chi connectivity index (χ2v) is 6.44. The van der Waals surface area contributed by atoms with Crippen LogP contribution < -0.4 is 11.1 Å². The van der Waals surface area contributed by atoms with Crippen LogP contribution in [0.4, 0.5) is 0 Å². The lowest BCUT2D eigenvalue weighted by atomic mass is 10.0. The van der Waals surface area contributed by atoms with Crippen molar-refractivity contribution < 1.29 is 9.32 Å². The first-order chi connectivity index (χ1) is 12.5. The highest BCUT2D eigenvalue weighted by atomic mass is 35.5. The van der Waals surface area contributed by atoms with Gasteiger partial charge in [-0.25, -0.2) is 0 Å². The van der Waals surface area contributed by atoms with Gasteiger partial charge in [0, 0.05) is 5.56 Å². The van der Waals surface area contributed by atoms with E-state index in [0.29, 0.717) is 11.7 Å². The fraction of sp³-hybridized carbons (Fsp3) is 0.250. The molecule has 0 radical (unpaired) electrons. The molecule has 3 rings (SSSR count). The molecule has 1 atom stereocenters. The summed E-state index contributed by atoms with van der Waals surface area (Å²) in [5, 5.41) is 6.69. The Morgan fingerprint density at radius 2 is 1.63 bits per heavy atom. The summed E-state index contributed by atoms with van der Waals surface area (Å²) in [6, 6.07) is 17.5. The standard InChI is InChI=1S/C20H22N4O2.ClH/c1-13(2)18(21)20(25)22-12-17-23-19(24-26-17)16-10-8-15(9-11-16)14-6-4-3-5-7-14;/h3-11,13,18H,12,21H2,1-2H3,(H,22,25);1H/t18-;/m0./s1. The molecule has 2 aromatic carbocycles. The second-order valence-electron chi connectivity index (χ2n) is 6.44. The SMILES string of the molecule is CC(C)[C@H](N)C(=O)NCc1nc(-c2ccc(-c3ccccc3)cc2)no1.Cl. The molecular formula is C20H23ClN4O2. The van der Waals surface area contributed by atoms with Crippen LogP contribution in [0.15, 0.2) is 59.1 Å². The molecule has 0 bridgehead atoms. The van der Waals surface area contributed by atoms with E-state index >= 15 is 0 Å². The van der Waals surface area contributed by atoms with Crippen molar-refractivity contribution in [1.82, 2.24) is 15.5 Å². The first-order valence-electron chi connectivity index (χ1n) is 8.56. The van der Waals surface area contributed by atoms with Crippen LogP contribution in [-0.2, 0) is 11.3 Å². The monoisotopic (exact) mass is 386 g/mol. The van der Waals surface area contributed by atoms with Crippen LogP contribution in [0.2, 0.25) is 0 Å². The number of nitrogens with zero attached hydrogens (tertiary/aromatic N) is 2. The van der Waals surface area contributed by atoms with E-state index < -0.39 is 6.04 Å². The maximum Gasteiger partial charge on any atom is 0.246 e. The van der Waals surface area contributed by atoms with Gasteiger partial charge in [0.1, 0.15) is 0 Å². The van der Waals surface area contributed by atoms with Gasteiger partial charge in [0.2, 0.25) is 17.6 Å². The zero-order chi connectivity index (χ0) is 18.5. The van der Waals surface area contributed by atoms with Crippen molar-refractivity contribution in [2.24, 2.45) is 11.7 Å². The Labute approximate surface area is 164 Å². The number of benzene rings is 2. The summed E-state index contributed by atoms with van der Waals surface area (Å²) < 4.78 is 5.21. The Balaban J connectivity index is 0.00000261. The number of hydrogen-bond donors (Lipinski definition) is 2. The van der Waals surface area contributed by atoms with Gasteiger partial charge in [-0.2, -0.15) is 4.98 Å². The zero-order valence-corrected chi connectivity index (χ0v) is 16.1. The average Bonchev–Trinajstić information content (AvgIpc) is 3.15. The number of halogens is 1. The van der Waals surface area contributed by atoms with Gasteiger partial charge in [-0.05, 0) is 17.0 Å². The maximum atomic E-state index is 11.9. The second kappa shape index (κ2) is 9.30. The third-order valence-corrected chi connectivity index (χ3v) is 4.15. The number of amides is 1. The minimum atomic E-state index is -0.553. The molecule has 3 aromatic rings. The molecule has 0 fully saturated rings. The third-order valence-electron chi connectivity index (χ3n) is 4.15. The minimum absolute atomic E-state index is 0. The molecule has 1 heterocycles. The van der Waals surface area contributed by atoms with Crippen molar-refractivity contribution in [3.8, 4) is 22.5 Å². The molecule has 27 heavy (non-hydrogen) atoms. The molecule has 0 aliphatic heterocycles. The summed E-state index contributed by atoms with van der Waals surface area (Å²) in [7, 11) is 0. The van der Waals surface area contributed by atoms with E-state index in [1.165, 1.54) is 0 Å². The number of nitrogens with one attached hydrogen (secondary N) is 1. The van der Waals surface area contributed by atoms with Gasteiger partial charge in [0.15, 0.2) is 0 Å². The van der Waals surface area contributed by atoms with E-state index in [2.05, 4.69) is 27.6 Å². The van der Waals surface area contributed by atoms with Gasteiger partial charge in [-0.1, -0.05) is 73.6 Å². The number of carbonyl (C=O) groups excluding carboxylic acids is 1. The summed E-state index contributed by atoms with van der Waals surface area (Å²) in [5.41, 5.74) is 8.92. The van der Waals surface area contributed by atoms with Crippen LogP contribution in [0.5, 0.6) is 0 Å². The van der Waals surface area contributed by atoms with E-state index in [0.717, 1.165) is 16.7 Å². The Hall–Kier alpha value is -2.70. The summed E-state index contributed by atoms with van der Waals surface area (Å²) >= 11 is 0. The molecule has 7 heteroatoms. The molecule has 0 saturated carbocycles. The third kappa shape index (κ3) is 5.15. The Bertz CT molecular complexity index is 863. The smallest absolute Gasteiger partial charge is 0.246 e. The lowest BCUT2D eigenvalue weighted by molar-refractivity contribution is -0.123. The lowest BCUT2D eigenvalue weighted by Crippen LogP contribution is -2.43. The fourth-order valence-electron chi connectivity index (χ4n) is 2.47. The van der Waals surface area contributed by atoms with E-state index in [1.54, 1.807) is 0 Å². The van der Waals surface area contributed by atoms with Crippen molar-refractivity contribution in [2.75, 3.05) is 0 Å². The maximum absolute atomic E-state index is 11.9. The Morgan fingerprint density at radius 1 is 1.04 bits per heavy atom. The van der Waals surface area contributed by atoms with Crippen LogP contribution >= 0.6 is 12.4 Å². The van der Waals surface area contributed by atoms with E-state index in [4.69, 9.17) is 10.3 Å². The molecule has 6 nitrogen and oxygen atoms in total. The van der Waals surface area contributed by atoms with Crippen LogP contribution in [-0.4, -0.2) is 22.1 Å². The molecule has 0 saturated heterocycles. The molecule has 1 amide bonds. The highest BCUT2D eigenvalue weighted by Gasteiger charge is 2.18. The highest BCUT2D eigenvalue weighted by molar-refractivity contribution is 5.85. The predicted molar refractivity (Wildman–Crippen MR) is 107 cm³/mol. The largest absolute Gasteiger partial charge is 0.346 e. The molecule has 0 spiro atoms. The molecule has 1 aromatic heterocycles. The Morgan fingerprint density at radius 3 is 2.26 bits per heavy atom. The molecule has 0 aliphatic rings. The summed E-state index contributed by atoms with van der Waals surface area (Å²) in [6.07, 6.45) is 0. The van der Waals surface area contributed by atoms with E-state index in [-0.39, 0.29) is 30.8 Å². The van der Waals surface area contributed by atoms with Crippen molar-refractivity contribution in [2.45, 2.75) is 26.4 Å². The quantitative estimate of drug-likeness (QED) is 0.676. The lowest BCUT2D eigenvalue weighted by Gasteiger charge is -2.14. The molecule has 0 unspecified atom stereocenters. The first kappa shape index (κ1) is 20.6. The van der Waals surface area contributed by atoms with Crippen molar-refractivity contribution in [1.29, 1.82) is 0 Å². The Kier molecular flexibility index (Phi) is 7.10. The molecule has 0 aliphatic carbocycles. The minimum Gasteiger partial charge on any atom is -0.346 e. The van der Waals surface area contributed by atoms with Crippen molar-refractivity contribution in [3.63, 3.8) is 0 Å². The number of hydrogen-bond acceptors (Lipinski definition) is 5. The summed E-state index contributed by atoms with van der Waals surface area (Å²) in [5.74, 6) is 0.668. The van der Waals surface area contributed by atoms with Gasteiger partial charge in [-0.15, -0.1) is 12.4 Å².